The standard InChI is InChI=1S/C16H15FN4O3/c1-7-10(15(22)24-2)11(8-5-3-4-6-9(8)17)12-13(18)20-16(23)21-14(12)19-7/h3-6,11H,1-2H3,(H4,18,19,20,21,23). The van der Waals surface area contributed by atoms with Crippen molar-refractivity contribution < 1.29 is 13.9 Å². The molecule has 1 aromatic carbocycles. The van der Waals surface area contributed by atoms with Crippen molar-refractivity contribution >= 4 is 17.6 Å². The molecular weight excluding hydrogens is 315 g/mol. The Morgan fingerprint density at radius 1 is 1.38 bits per heavy atom. The normalized spacial score (nSPS) is 16.4. The highest BCUT2D eigenvalue weighted by Crippen LogP contribution is 2.43. The van der Waals surface area contributed by atoms with E-state index in [0.29, 0.717) is 11.3 Å². The van der Waals surface area contributed by atoms with Crippen LogP contribution in [0.15, 0.2) is 40.3 Å². The number of aromatic amines is 1. The van der Waals surface area contributed by atoms with E-state index in [9.17, 15) is 14.0 Å². The second-order valence-corrected chi connectivity index (χ2v) is 5.33. The largest absolute Gasteiger partial charge is 0.466 e. The van der Waals surface area contributed by atoms with Crippen LogP contribution < -0.4 is 16.7 Å². The number of hydrogen-bond donors (Lipinski definition) is 3. The van der Waals surface area contributed by atoms with Crippen molar-refractivity contribution in [3.05, 3.63) is 63.0 Å². The van der Waals surface area contributed by atoms with Crippen LogP contribution in [-0.4, -0.2) is 23.0 Å². The van der Waals surface area contributed by atoms with Crippen molar-refractivity contribution in [2.24, 2.45) is 0 Å². The second-order valence-electron chi connectivity index (χ2n) is 5.33. The summed E-state index contributed by atoms with van der Waals surface area (Å²) in [6.07, 6.45) is 0. The van der Waals surface area contributed by atoms with E-state index in [4.69, 9.17) is 10.5 Å². The zero-order valence-corrected chi connectivity index (χ0v) is 13.0. The van der Waals surface area contributed by atoms with E-state index in [-0.39, 0.29) is 22.8 Å². The highest BCUT2D eigenvalue weighted by atomic mass is 19.1. The fourth-order valence-electron chi connectivity index (χ4n) is 2.89. The van der Waals surface area contributed by atoms with E-state index >= 15 is 0 Å². The Hall–Kier alpha value is -3.16. The summed E-state index contributed by atoms with van der Waals surface area (Å²) in [5.41, 5.74) is 6.48. The van der Waals surface area contributed by atoms with Crippen LogP contribution in [0.4, 0.5) is 16.0 Å². The number of allylic oxidation sites excluding steroid dienone is 1. The fraction of sp³-hybridized carbons (Fsp3) is 0.188. The molecule has 1 unspecified atom stereocenters. The Bertz CT molecular complexity index is 920. The number of nitrogens with two attached hydrogens (primary N) is 1. The first kappa shape index (κ1) is 15.7. The van der Waals surface area contributed by atoms with Gasteiger partial charge in [-0.1, -0.05) is 18.2 Å². The molecule has 124 valence electrons. The topological polar surface area (TPSA) is 110 Å². The van der Waals surface area contributed by atoms with Crippen molar-refractivity contribution in [3.63, 3.8) is 0 Å². The van der Waals surface area contributed by atoms with E-state index in [2.05, 4.69) is 15.3 Å². The van der Waals surface area contributed by atoms with Gasteiger partial charge in [0.05, 0.1) is 18.6 Å². The van der Waals surface area contributed by atoms with Gasteiger partial charge in [-0.3, -0.25) is 4.98 Å². The Labute approximate surface area is 136 Å². The lowest BCUT2D eigenvalue weighted by molar-refractivity contribution is -0.136. The number of nitrogens with zero attached hydrogens (tertiary/aromatic N) is 1. The van der Waals surface area contributed by atoms with Crippen LogP contribution in [0, 0.1) is 5.82 Å². The van der Waals surface area contributed by atoms with Gasteiger partial charge in [0.2, 0.25) is 0 Å². The number of nitrogens with one attached hydrogen (secondary N) is 2. The maximum absolute atomic E-state index is 14.4. The Morgan fingerprint density at radius 2 is 2.08 bits per heavy atom. The molecular formula is C16H15FN4O3. The SMILES string of the molecule is COC(=O)C1=C(C)Nc2nc(=O)[nH]c(N)c2C1c1ccccc1F. The number of carbonyl (C=O) groups is 1. The van der Waals surface area contributed by atoms with Gasteiger partial charge in [0, 0.05) is 16.8 Å². The summed E-state index contributed by atoms with van der Waals surface area (Å²) in [5, 5.41) is 2.87. The van der Waals surface area contributed by atoms with Crippen LogP contribution in [-0.2, 0) is 9.53 Å². The lowest BCUT2D eigenvalue weighted by atomic mass is 9.81. The lowest BCUT2D eigenvalue weighted by Gasteiger charge is -2.29. The molecule has 0 aliphatic carbocycles. The van der Waals surface area contributed by atoms with Crippen LogP contribution >= 0.6 is 0 Å². The molecule has 0 amide bonds. The molecule has 0 radical (unpaired) electrons. The number of ether oxygens (including phenoxy) is 1. The number of benzene rings is 1. The molecule has 0 fully saturated rings. The van der Waals surface area contributed by atoms with Gasteiger partial charge in [0.15, 0.2) is 0 Å². The molecule has 24 heavy (non-hydrogen) atoms. The third kappa shape index (κ3) is 2.41. The van der Waals surface area contributed by atoms with Gasteiger partial charge >= 0.3 is 11.7 Å². The number of fused-ring (bicyclic) bond motifs is 1. The molecule has 1 aromatic heterocycles. The summed E-state index contributed by atoms with van der Waals surface area (Å²) < 4.78 is 19.3. The van der Waals surface area contributed by atoms with Gasteiger partial charge in [-0.25, -0.2) is 14.0 Å². The summed E-state index contributed by atoms with van der Waals surface area (Å²) in [7, 11) is 1.24. The van der Waals surface area contributed by atoms with Gasteiger partial charge < -0.3 is 15.8 Å². The maximum atomic E-state index is 14.4. The molecule has 1 aliphatic heterocycles. The Morgan fingerprint density at radius 3 is 2.75 bits per heavy atom. The second kappa shape index (κ2) is 5.80. The number of aromatic nitrogens is 2. The molecule has 1 atom stereocenters. The van der Waals surface area contributed by atoms with Crippen molar-refractivity contribution in [2.75, 3.05) is 18.2 Å². The number of anilines is 2. The van der Waals surface area contributed by atoms with E-state index in [1.165, 1.54) is 13.2 Å². The molecule has 3 rings (SSSR count). The molecule has 1 aliphatic rings. The number of esters is 1. The first-order valence-electron chi connectivity index (χ1n) is 7.14. The molecule has 7 nitrogen and oxygen atoms in total. The van der Waals surface area contributed by atoms with E-state index in [1.807, 2.05) is 0 Å². The van der Waals surface area contributed by atoms with E-state index in [1.54, 1.807) is 25.1 Å². The third-order valence-corrected chi connectivity index (χ3v) is 3.91. The number of halogens is 1. The van der Waals surface area contributed by atoms with Crippen molar-refractivity contribution in [1.82, 2.24) is 9.97 Å². The van der Waals surface area contributed by atoms with Gasteiger partial charge in [0.25, 0.3) is 0 Å². The predicted molar refractivity (Wildman–Crippen MR) is 85.9 cm³/mol. The van der Waals surface area contributed by atoms with Crippen molar-refractivity contribution in [3.8, 4) is 0 Å². The van der Waals surface area contributed by atoms with Gasteiger partial charge in [-0.05, 0) is 13.0 Å². The number of methoxy groups -OCH3 is 1. The minimum Gasteiger partial charge on any atom is -0.466 e. The zero-order chi connectivity index (χ0) is 17.4. The number of hydrogen-bond acceptors (Lipinski definition) is 6. The third-order valence-electron chi connectivity index (χ3n) is 3.91. The Kier molecular flexibility index (Phi) is 3.80. The van der Waals surface area contributed by atoms with Crippen LogP contribution in [0.2, 0.25) is 0 Å². The lowest BCUT2D eigenvalue weighted by Crippen LogP contribution is -2.29. The summed E-state index contributed by atoms with van der Waals surface area (Å²) in [5.74, 6) is -1.77. The van der Waals surface area contributed by atoms with Gasteiger partial charge in [-0.15, -0.1) is 0 Å². The molecule has 8 heteroatoms. The first-order valence-corrected chi connectivity index (χ1v) is 7.14. The summed E-state index contributed by atoms with van der Waals surface area (Å²) in [4.78, 5) is 30.1. The average molecular weight is 330 g/mol. The zero-order valence-electron chi connectivity index (χ0n) is 13.0. The Balaban J connectivity index is 2.35. The summed E-state index contributed by atoms with van der Waals surface area (Å²) >= 11 is 0. The molecule has 2 aromatic rings. The van der Waals surface area contributed by atoms with E-state index < -0.39 is 23.4 Å². The first-order chi connectivity index (χ1) is 11.4. The van der Waals surface area contributed by atoms with E-state index in [0.717, 1.165) is 0 Å². The number of nitrogen functional groups attached to an aromatic ring is 1. The summed E-state index contributed by atoms with van der Waals surface area (Å²) in [6, 6.07) is 6.04. The van der Waals surface area contributed by atoms with Crippen molar-refractivity contribution in [2.45, 2.75) is 12.8 Å². The molecule has 0 bridgehead atoms. The molecule has 0 spiro atoms. The monoisotopic (exact) mass is 330 g/mol. The highest BCUT2D eigenvalue weighted by molar-refractivity contribution is 5.95. The van der Waals surface area contributed by atoms with Crippen molar-refractivity contribution in [1.29, 1.82) is 0 Å². The minimum absolute atomic E-state index is 0.0136. The fourth-order valence-corrected chi connectivity index (χ4v) is 2.89. The minimum atomic E-state index is -0.848. The summed E-state index contributed by atoms with van der Waals surface area (Å²) in [6.45, 7) is 1.63. The van der Waals surface area contributed by atoms with Gasteiger partial charge in [-0.2, -0.15) is 4.98 Å². The van der Waals surface area contributed by atoms with Gasteiger partial charge in [0.1, 0.15) is 17.5 Å². The number of H-pyrrole nitrogens is 1. The average Bonchev–Trinajstić information content (AvgIpc) is 2.53. The molecule has 4 N–H and O–H groups in total. The molecule has 0 saturated carbocycles. The highest BCUT2D eigenvalue weighted by Gasteiger charge is 2.37. The number of carbonyl (C=O) groups excluding carboxylic acids is 1. The number of rotatable bonds is 2. The maximum Gasteiger partial charge on any atom is 0.348 e. The van der Waals surface area contributed by atoms with Crippen LogP contribution in [0.3, 0.4) is 0 Å². The molecule has 0 saturated heterocycles. The van der Waals surface area contributed by atoms with Crippen LogP contribution in [0.1, 0.15) is 24.0 Å². The van der Waals surface area contributed by atoms with Crippen LogP contribution in [0.5, 0.6) is 0 Å². The predicted octanol–water partition coefficient (Wildman–Crippen LogP) is 1.50. The van der Waals surface area contributed by atoms with Crippen LogP contribution in [0.25, 0.3) is 0 Å². The smallest absolute Gasteiger partial charge is 0.348 e. The molecule has 2 heterocycles. The quantitative estimate of drug-likeness (QED) is 0.720.